The zero-order chi connectivity index (χ0) is 19.9. The highest BCUT2D eigenvalue weighted by molar-refractivity contribution is 7.10. The highest BCUT2D eigenvalue weighted by Crippen LogP contribution is 2.24. The maximum absolute atomic E-state index is 12.8. The summed E-state index contributed by atoms with van der Waals surface area (Å²) in [5, 5.41) is 5.32. The fourth-order valence-electron chi connectivity index (χ4n) is 3.21. The van der Waals surface area contributed by atoms with Gasteiger partial charge in [-0.2, -0.15) is 0 Å². The van der Waals surface area contributed by atoms with E-state index in [1.807, 2.05) is 54.6 Å². The van der Waals surface area contributed by atoms with Crippen molar-refractivity contribution in [1.29, 1.82) is 0 Å². The molecular formula is C23H27N2O2S+. The molecule has 3 rings (SSSR count). The monoisotopic (exact) mass is 395 g/mol. The van der Waals surface area contributed by atoms with Gasteiger partial charge >= 0.3 is 0 Å². The number of likely N-dealkylation sites (N-methyl/N-ethyl adjacent to an activating group) is 1. The number of hydrogen-bond acceptors (Lipinski definition) is 3. The third-order valence-corrected chi connectivity index (χ3v) is 5.80. The topological polar surface area (TPSA) is 42.8 Å². The summed E-state index contributed by atoms with van der Waals surface area (Å²) >= 11 is 1.75. The lowest BCUT2D eigenvalue weighted by Crippen LogP contribution is -3.08. The molecule has 0 saturated heterocycles. The van der Waals surface area contributed by atoms with Crippen molar-refractivity contribution in [3.8, 4) is 5.75 Å². The molecule has 4 nitrogen and oxygen atoms in total. The van der Waals surface area contributed by atoms with E-state index in [1.54, 1.807) is 18.4 Å². The van der Waals surface area contributed by atoms with Crippen LogP contribution in [0.25, 0.3) is 0 Å². The smallest absolute Gasteiger partial charge is 0.275 e. The summed E-state index contributed by atoms with van der Waals surface area (Å²) in [7, 11) is 3.71. The summed E-state index contributed by atoms with van der Waals surface area (Å²) in [6.45, 7) is 3.40. The van der Waals surface area contributed by atoms with Crippen LogP contribution in [0.4, 0.5) is 0 Å². The van der Waals surface area contributed by atoms with Gasteiger partial charge < -0.3 is 15.0 Å². The van der Waals surface area contributed by atoms with Gasteiger partial charge in [0, 0.05) is 0 Å². The zero-order valence-electron chi connectivity index (χ0n) is 16.6. The van der Waals surface area contributed by atoms with Crippen LogP contribution in [0.1, 0.15) is 27.6 Å². The summed E-state index contributed by atoms with van der Waals surface area (Å²) in [5.41, 5.74) is 3.39. The molecule has 0 saturated carbocycles. The number of ether oxygens (including phenoxy) is 1. The first-order chi connectivity index (χ1) is 13.6. The normalized spacial score (nSPS) is 13.0. The minimum absolute atomic E-state index is 0.0383. The molecule has 2 aromatic carbocycles. The summed E-state index contributed by atoms with van der Waals surface area (Å²) < 4.78 is 5.26. The Balaban J connectivity index is 1.71. The Morgan fingerprint density at radius 2 is 1.75 bits per heavy atom. The van der Waals surface area contributed by atoms with Gasteiger partial charge in [-0.3, -0.25) is 4.79 Å². The van der Waals surface area contributed by atoms with E-state index < -0.39 is 0 Å². The van der Waals surface area contributed by atoms with E-state index in [9.17, 15) is 4.79 Å². The number of aryl methyl sites for hydroxylation is 1. The molecule has 1 aromatic heterocycles. The fraction of sp³-hybridized carbons (Fsp3) is 0.261. The summed E-state index contributed by atoms with van der Waals surface area (Å²) in [6.07, 6.45) is 0. The quantitative estimate of drug-likeness (QED) is 0.616. The average Bonchev–Trinajstić information content (AvgIpc) is 3.11. The minimum atomic E-state index is -0.184. The number of quaternary nitrogens is 1. The lowest BCUT2D eigenvalue weighted by atomic mass is 9.98. The first-order valence-corrected chi connectivity index (χ1v) is 10.3. The largest absolute Gasteiger partial charge is 0.497 e. The Morgan fingerprint density at radius 3 is 2.36 bits per heavy atom. The van der Waals surface area contributed by atoms with Gasteiger partial charge in [0.25, 0.3) is 5.91 Å². The van der Waals surface area contributed by atoms with E-state index in [4.69, 9.17) is 4.74 Å². The van der Waals surface area contributed by atoms with E-state index in [1.165, 1.54) is 15.3 Å². The summed E-state index contributed by atoms with van der Waals surface area (Å²) in [6, 6.07) is 19.9. The number of thiophene rings is 1. The number of carbonyl (C=O) groups excluding carboxylic acids is 1. The predicted octanol–water partition coefficient (Wildman–Crippen LogP) is 2.99. The van der Waals surface area contributed by atoms with Crippen molar-refractivity contribution in [1.82, 2.24) is 5.32 Å². The van der Waals surface area contributed by atoms with E-state index in [2.05, 4.69) is 30.7 Å². The second-order valence-electron chi connectivity index (χ2n) is 7.02. The van der Waals surface area contributed by atoms with Crippen molar-refractivity contribution in [3.63, 3.8) is 0 Å². The van der Waals surface area contributed by atoms with Gasteiger partial charge in [0.2, 0.25) is 0 Å². The number of benzene rings is 2. The van der Waals surface area contributed by atoms with Gasteiger partial charge in [0.05, 0.1) is 25.1 Å². The number of rotatable bonds is 8. The van der Waals surface area contributed by atoms with Crippen LogP contribution < -0.4 is 15.0 Å². The van der Waals surface area contributed by atoms with Gasteiger partial charge in [0.15, 0.2) is 6.54 Å². The van der Waals surface area contributed by atoms with E-state index >= 15 is 0 Å². The van der Waals surface area contributed by atoms with Crippen LogP contribution in [0.15, 0.2) is 66.0 Å². The molecule has 5 heteroatoms. The molecular weight excluding hydrogens is 368 g/mol. The molecule has 1 heterocycles. The first-order valence-electron chi connectivity index (χ1n) is 9.39. The van der Waals surface area contributed by atoms with Gasteiger partial charge in [-0.15, -0.1) is 11.3 Å². The van der Waals surface area contributed by atoms with Gasteiger partial charge in [-0.1, -0.05) is 42.5 Å². The van der Waals surface area contributed by atoms with Crippen molar-refractivity contribution < 1.29 is 14.4 Å². The molecule has 146 valence electrons. The number of hydrogen-bond donors (Lipinski definition) is 2. The van der Waals surface area contributed by atoms with Gasteiger partial charge in [-0.05, 0) is 47.2 Å². The van der Waals surface area contributed by atoms with Crippen LogP contribution in [0.2, 0.25) is 0 Å². The predicted molar refractivity (Wildman–Crippen MR) is 114 cm³/mol. The zero-order valence-corrected chi connectivity index (χ0v) is 17.4. The van der Waals surface area contributed by atoms with Crippen molar-refractivity contribution in [2.45, 2.75) is 19.5 Å². The molecule has 0 aliphatic heterocycles. The third kappa shape index (κ3) is 5.21. The molecule has 2 N–H and O–H groups in total. The van der Waals surface area contributed by atoms with Gasteiger partial charge in [0.1, 0.15) is 12.3 Å². The number of nitrogens with one attached hydrogen (secondary N) is 2. The SMILES string of the molecule is COc1ccc([C@@H](NC(=O)C[NH+](C)Cc2sccc2C)c2ccccc2)cc1. The highest BCUT2D eigenvalue weighted by atomic mass is 32.1. The van der Waals surface area contributed by atoms with Crippen molar-refractivity contribution in [2.75, 3.05) is 20.7 Å². The second kappa shape index (κ2) is 9.53. The van der Waals surface area contributed by atoms with E-state index in [0.29, 0.717) is 6.54 Å². The van der Waals surface area contributed by atoms with Crippen LogP contribution in [0.5, 0.6) is 5.75 Å². The number of methoxy groups -OCH3 is 1. The highest BCUT2D eigenvalue weighted by Gasteiger charge is 2.19. The molecule has 0 bridgehead atoms. The fourth-order valence-corrected chi connectivity index (χ4v) is 4.23. The number of carbonyl (C=O) groups is 1. The van der Waals surface area contributed by atoms with Gasteiger partial charge in [-0.25, -0.2) is 0 Å². The molecule has 28 heavy (non-hydrogen) atoms. The molecule has 0 aliphatic carbocycles. The van der Waals surface area contributed by atoms with Crippen LogP contribution in [-0.2, 0) is 11.3 Å². The van der Waals surface area contributed by atoms with Crippen molar-refractivity contribution in [3.05, 3.63) is 87.6 Å². The molecule has 1 unspecified atom stereocenters. The maximum Gasteiger partial charge on any atom is 0.275 e. The molecule has 1 amide bonds. The molecule has 0 aliphatic rings. The van der Waals surface area contributed by atoms with Crippen LogP contribution in [0, 0.1) is 6.92 Å². The van der Waals surface area contributed by atoms with E-state index in [-0.39, 0.29) is 11.9 Å². The lowest BCUT2D eigenvalue weighted by molar-refractivity contribution is -0.885. The summed E-state index contributed by atoms with van der Waals surface area (Å²) in [4.78, 5) is 15.3. The average molecular weight is 396 g/mol. The molecule has 3 aromatic rings. The Kier molecular flexibility index (Phi) is 6.85. The Hall–Kier alpha value is -2.63. The maximum atomic E-state index is 12.8. The molecule has 0 fully saturated rings. The molecule has 2 atom stereocenters. The molecule has 0 radical (unpaired) electrons. The third-order valence-electron chi connectivity index (χ3n) is 4.78. The van der Waals surface area contributed by atoms with Crippen LogP contribution >= 0.6 is 11.3 Å². The second-order valence-corrected chi connectivity index (χ2v) is 8.02. The Morgan fingerprint density at radius 1 is 1.07 bits per heavy atom. The van der Waals surface area contributed by atoms with E-state index in [0.717, 1.165) is 23.4 Å². The number of amides is 1. The lowest BCUT2D eigenvalue weighted by Gasteiger charge is -2.21. The molecule has 0 spiro atoms. The van der Waals surface area contributed by atoms with Crippen molar-refractivity contribution >= 4 is 17.2 Å². The Labute approximate surface area is 170 Å². The standard InChI is InChI=1S/C23H26N2O2S/c1-17-13-14-28-21(17)15-25(2)16-22(26)24-23(18-7-5-4-6-8-18)19-9-11-20(27-3)12-10-19/h4-14,23H,15-16H2,1-3H3,(H,24,26)/p+1/t23-/m0/s1. The van der Waals surface area contributed by atoms with Crippen molar-refractivity contribution in [2.24, 2.45) is 0 Å². The first kappa shape index (κ1) is 20.1. The minimum Gasteiger partial charge on any atom is -0.497 e. The summed E-state index contributed by atoms with van der Waals surface area (Å²) in [5.74, 6) is 0.841. The van der Waals surface area contributed by atoms with Crippen LogP contribution in [0.3, 0.4) is 0 Å². The van der Waals surface area contributed by atoms with Crippen LogP contribution in [-0.4, -0.2) is 26.6 Å². The Bertz CT molecular complexity index is 890.